The van der Waals surface area contributed by atoms with Gasteiger partial charge in [0.1, 0.15) is 18.1 Å². The highest BCUT2D eigenvalue weighted by Gasteiger charge is 2.30. The predicted molar refractivity (Wildman–Crippen MR) is 153 cm³/mol. The van der Waals surface area contributed by atoms with Crippen molar-refractivity contribution >= 4 is 58.5 Å². The molecule has 6 radical (unpaired) electrons. The summed E-state index contributed by atoms with van der Waals surface area (Å²) in [5.41, 5.74) is 1.94. The van der Waals surface area contributed by atoms with Crippen LogP contribution in [0.5, 0.6) is 5.75 Å². The van der Waals surface area contributed by atoms with Crippen LogP contribution in [0, 0.1) is 5.92 Å². The SMILES string of the molecule is [B]C([B])([B])NC(=O)c1cnc(NC(=O)C2CC2)cc1Nc1cccc(-c2cnn(CCNC(=O)COC)n2)c1OC. The van der Waals surface area contributed by atoms with Crippen LogP contribution in [0.25, 0.3) is 11.3 Å². The van der Waals surface area contributed by atoms with E-state index in [1.807, 2.05) is 0 Å². The van der Waals surface area contributed by atoms with Crippen molar-refractivity contribution in [3.8, 4) is 17.0 Å². The van der Waals surface area contributed by atoms with Gasteiger partial charge < -0.3 is 30.7 Å². The zero-order chi connectivity index (χ0) is 29.6. The molecule has 0 bridgehead atoms. The Bertz CT molecular complexity index is 1420. The molecule has 3 amide bonds. The number of para-hydroxylation sites is 1. The van der Waals surface area contributed by atoms with Gasteiger partial charge in [-0.15, -0.1) is 0 Å². The first kappa shape index (κ1) is 29.7. The first-order chi connectivity index (χ1) is 19.6. The smallest absolute Gasteiger partial charge is 0.253 e. The van der Waals surface area contributed by atoms with E-state index in [9.17, 15) is 14.4 Å². The molecule has 0 aliphatic heterocycles. The Labute approximate surface area is 240 Å². The minimum absolute atomic E-state index is 0.0322. The van der Waals surface area contributed by atoms with Gasteiger partial charge in [0, 0.05) is 37.4 Å². The van der Waals surface area contributed by atoms with Crippen LogP contribution in [0.4, 0.5) is 17.2 Å². The number of hydrogen-bond acceptors (Lipinski definition) is 9. The minimum atomic E-state index is -1.97. The van der Waals surface area contributed by atoms with Crippen molar-refractivity contribution in [3.63, 3.8) is 0 Å². The molecule has 0 unspecified atom stereocenters. The summed E-state index contributed by atoms with van der Waals surface area (Å²) in [6.45, 7) is 0.623. The first-order valence-corrected chi connectivity index (χ1v) is 12.7. The van der Waals surface area contributed by atoms with E-state index in [0.717, 1.165) is 12.8 Å². The van der Waals surface area contributed by atoms with Crippen molar-refractivity contribution < 1.29 is 23.9 Å². The lowest BCUT2D eigenvalue weighted by Gasteiger charge is -2.23. The van der Waals surface area contributed by atoms with Gasteiger partial charge in [-0.05, 0) is 25.0 Å². The number of pyridine rings is 1. The molecule has 2 heterocycles. The third-order valence-corrected chi connectivity index (χ3v) is 5.89. The zero-order valence-corrected chi connectivity index (χ0v) is 22.6. The molecule has 0 atom stereocenters. The summed E-state index contributed by atoms with van der Waals surface area (Å²) in [5.74, 6) is -0.471. The molecule has 2 aromatic heterocycles. The summed E-state index contributed by atoms with van der Waals surface area (Å²) in [5, 5.41) is 17.7. The van der Waals surface area contributed by atoms with Crippen LogP contribution in [0.2, 0.25) is 0 Å². The second-order valence-electron chi connectivity index (χ2n) is 9.39. The van der Waals surface area contributed by atoms with E-state index in [-0.39, 0.29) is 41.4 Å². The van der Waals surface area contributed by atoms with Gasteiger partial charge in [-0.1, -0.05) is 11.3 Å². The summed E-state index contributed by atoms with van der Waals surface area (Å²) in [6, 6.07) is 6.82. The van der Waals surface area contributed by atoms with E-state index < -0.39 is 11.1 Å². The third kappa shape index (κ3) is 8.10. The average Bonchev–Trinajstić information content (AvgIpc) is 3.66. The third-order valence-electron chi connectivity index (χ3n) is 5.89. The molecular formula is C25H27B3N8O5. The number of anilines is 3. The molecule has 3 aromatic rings. The van der Waals surface area contributed by atoms with Crippen molar-refractivity contribution in [2.45, 2.75) is 24.6 Å². The molecule has 0 saturated heterocycles. The van der Waals surface area contributed by atoms with Gasteiger partial charge in [-0.3, -0.25) is 14.4 Å². The Morgan fingerprint density at radius 1 is 1.12 bits per heavy atom. The Morgan fingerprint density at radius 2 is 1.90 bits per heavy atom. The number of carbonyl (C=O) groups excluding carboxylic acids is 3. The Balaban J connectivity index is 1.60. The topological polar surface area (TPSA) is 161 Å². The molecule has 1 aliphatic rings. The second kappa shape index (κ2) is 12.9. The summed E-state index contributed by atoms with van der Waals surface area (Å²) >= 11 is 0. The number of benzene rings is 1. The molecule has 13 nitrogen and oxygen atoms in total. The van der Waals surface area contributed by atoms with Crippen LogP contribution >= 0.6 is 0 Å². The van der Waals surface area contributed by atoms with Gasteiger partial charge in [0.25, 0.3) is 5.91 Å². The molecule has 1 aliphatic carbocycles. The van der Waals surface area contributed by atoms with E-state index >= 15 is 0 Å². The Hall–Kier alpha value is -4.33. The molecule has 16 heteroatoms. The van der Waals surface area contributed by atoms with Crippen LogP contribution in [-0.4, -0.2) is 93.8 Å². The highest BCUT2D eigenvalue weighted by atomic mass is 16.5. The molecule has 1 fully saturated rings. The van der Waals surface area contributed by atoms with Crippen molar-refractivity contribution in [2.24, 2.45) is 5.92 Å². The maximum atomic E-state index is 12.9. The maximum Gasteiger partial charge on any atom is 0.253 e. The van der Waals surface area contributed by atoms with Gasteiger partial charge in [0.15, 0.2) is 5.75 Å². The maximum absolute atomic E-state index is 12.9. The molecule has 41 heavy (non-hydrogen) atoms. The van der Waals surface area contributed by atoms with E-state index in [1.165, 1.54) is 31.3 Å². The standard InChI is InChI=1S/C25H27B3N8O5/c1-40-13-21(37)29-8-9-36-31-12-19(35-36)15-4-3-5-17(22(15)41-2)32-18-10-20(33-23(38)14-6-7-14)30-11-16(18)24(39)34-25(26,27)28/h3-5,10-12,14H,6-9,13H2,1-2H3,(H,29,37)(H,34,39)(H2,30,32,33,38). The number of aromatic nitrogens is 4. The monoisotopic (exact) mass is 552 g/mol. The van der Waals surface area contributed by atoms with Crippen LogP contribution in [0.15, 0.2) is 36.7 Å². The number of hydrogen-bond donors (Lipinski definition) is 4. The molecule has 1 saturated carbocycles. The minimum Gasteiger partial charge on any atom is -0.494 e. The summed E-state index contributed by atoms with van der Waals surface area (Å²) in [7, 11) is 19.6. The fraction of sp³-hybridized carbons (Fsp3) is 0.360. The highest BCUT2D eigenvalue weighted by Crippen LogP contribution is 2.38. The molecule has 1 aromatic carbocycles. The van der Waals surface area contributed by atoms with Crippen molar-refractivity contribution in [2.75, 3.05) is 38.0 Å². The number of methoxy groups -OCH3 is 2. The molecule has 0 spiro atoms. The quantitative estimate of drug-likeness (QED) is 0.215. The summed E-state index contributed by atoms with van der Waals surface area (Å²) < 4.78 is 10.5. The lowest BCUT2D eigenvalue weighted by molar-refractivity contribution is -0.124. The number of nitrogens with zero attached hydrogens (tertiary/aromatic N) is 4. The molecular weight excluding hydrogens is 525 g/mol. The first-order valence-electron chi connectivity index (χ1n) is 12.7. The number of ether oxygens (including phenoxy) is 2. The average molecular weight is 552 g/mol. The largest absolute Gasteiger partial charge is 0.494 e. The fourth-order valence-electron chi connectivity index (χ4n) is 3.85. The highest BCUT2D eigenvalue weighted by molar-refractivity contribution is 6.60. The van der Waals surface area contributed by atoms with Gasteiger partial charge in [-0.2, -0.15) is 15.0 Å². The normalized spacial score (nSPS) is 12.8. The van der Waals surface area contributed by atoms with Crippen LogP contribution < -0.4 is 26.0 Å². The van der Waals surface area contributed by atoms with Crippen LogP contribution in [0.1, 0.15) is 23.2 Å². The van der Waals surface area contributed by atoms with Gasteiger partial charge >= 0.3 is 0 Å². The van der Waals surface area contributed by atoms with Crippen molar-refractivity contribution in [1.82, 2.24) is 30.6 Å². The lowest BCUT2D eigenvalue weighted by atomic mass is 9.49. The van der Waals surface area contributed by atoms with E-state index in [1.54, 1.807) is 24.4 Å². The number of rotatable bonds is 13. The van der Waals surface area contributed by atoms with Crippen molar-refractivity contribution in [3.05, 3.63) is 42.2 Å². The fourth-order valence-corrected chi connectivity index (χ4v) is 3.85. The second-order valence-corrected chi connectivity index (χ2v) is 9.39. The molecule has 4 rings (SSSR count). The number of amides is 3. The molecule has 4 N–H and O–H groups in total. The summed E-state index contributed by atoms with van der Waals surface area (Å²) in [6.07, 6.45) is 4.48. The number of carbonyl (C=O) groups is 3. The predicted octanol–water partition coefficient (Wildman–Crippen LogP) is 0.0500. The lowest BCUT2D eigenvalue weighted by Crippen LogP contribution is -2.50. The van der Waals surface area contributed by atoms with Crippen LogP contribution in [-0.2, 0) is 20.9 Å². The van der Waals surface area contributed by atoms with E-state index in [0.29, 0.717) is 35.8 Å². The van der Waals surface area contributed by atoms with E-state index in [4.69, 9.17) is 33.0 Å². The molecule has 206 valence electrons. The zero-order valence-electron chi connectivity index (χ0n) is 22.6. The number of nitrogens with one attached hydrogen (secondary N) is 4. The van der Waals surface area contributed by atoms with Gasteiger partial charge in [-0.25, -0.2) is 4.98 Å². The summed E-state index contributed by atoms with van der Waals surface area (Å²) in [4.78, 5) is 42.5. The van der Waals surface area contributed by atoms with E-state index in [2.05, 4.69) is 36.4 Å². The van der Waals surface area contributed by atoms with Crippen LogP contribution in [0.3, 0.4) is 0 Å². The van der Waals surface area contributed by atoms with Crippen molar-refractivity contribution in [1.29, 1.82) is 0 Å². The Morgan fingerprint density at radius 3 is 2.59 bits per heavy atom. The van der Waals surface area contributed by atoms with Gasteiger partial charge in [0.05, 0.1) is 60.3 Å². The Kier molecular flexibility index (Phi) is 9.33. The van der Waals surface area contributed by atoms with Gasteiger partial charge in [0.2, 0.25) is 11.8 Å².